The lowest BCUT2D eigenvalue weighted by atomic mass is 10.2. The zero-order valence-electron chi connectivity index (χ0n) is 5.93. The summed E-state index contributed by atoms with van der Waals surface area (Å²) in [4.78, 5) is 10.6. The number of carbonyl (C=O) groups excluding carboxylic acids is 1. The number of hydrogen-bond acceptors (Lipinski definition) is 3. The van der Waals surface area contributed by atoms with Crippen molar-refractivity contribution >= 4 is 5.97 Å². The van der Waals surface area contributed by atoms with Crippen LogP contribution in [-0.4, -0.2) is 19.9 Å². The van der Waals surface area contributed by atoms with Crippen LogP contribution in [0.2, 0.25) is 0 Å². The molecule has 0 amide bonds. The monoisotopic (exact) mass is 131 g/mol. The van der Waals surface area contributed by atoms with E-state index in [1.165, 1.54) is 7.11 Å². The van der Waals surface area contributed by atoms with Gasteiger partial charge in [-0.15, -0.1) is 0 Å². The van der Waals surface area contributed by atoms with Gasteiger partial charge >= 0.3 is 5.97 Å². The Labute approximate surface area is 55.0 Å². The summed E-state index contributed by atoms with van der Waals surface area (Å²) in [6.45, 7) is 3.42. The van der Waals surface area contributed by atoms with Crippen molar-refractivity contribution in [2.75, 3.05) is 13.9 Å². The van der Waals surface area contributed by atoms with Crippen molar-refractivity contribution in [2.24, 2.45) is 0 Å². The minimum absolute atomic E-state index is 0.0318. The van der Waals surface area contributed by atoms with E-state index in [9.17, 15) is 4.79 Å². The Kier molecular flexibility index (Phi) is 4.05. The van der Waals surface area contributed by atoms with E-state index >= 15 is 0 Å². The molecule has 0 atom stereocenters. The molecule has 0 aliphatic carbocycles. The SMILES string of the molecule is COCOC(=O)[C](C)C. The van der Waals surface area contributed by atoms with Gasteiger partial charge in [-0.05, 0) is 13.8 Å². The Balaban J connectivity index is 3.28. The van der Waals surface area contributed by atoms with Crippen LogP contribution in [0.1, 0.15) is 13.8 Å². The molecule has 9 heavy (non-hydrogen) atoms. The molecule has 0 N–H and O–H groups in total. The number of esters is 1. The van der Waals surface area contributed by atoms with E-state index in [1.54, 1.807) is 13.8 Å². The van der Waals surface area contributed by atoms with Gasteiger partial charge in [0.25, 0.3) is 0 Å². The number of ether oxygens (including phenoxy) is 2. The molecule has 0 unspecified atom stereocenters. The molecule has 0 aromatic heterocycles. The molecule has 53 valence electrons. The Morgan fingerprint density at radius 2 is 2.00 bits per heavy atom. The fraction of sp³-hybridized carbons (Fsp3) is 0.667. The highest BCUT2D eigenvalue weighted by atomic mass is 16.7. The Hall–Kier alpha value is -0.570. The van der Waals surface area contributed by atoms with E-state index in [2.05, 4.69) is 9.47 Å². The van der Waals surface area contributed by atoms with Crippen LogP contribution in [0.25, 0.3) is 0 Å². The maximum absolute atomic E-state index is 10.6. The second kappa shape index (κ2) is 4.32. The van der Waals surface area contributed by atoms with Gasteiger partial charge in [0.15, 0.2) is 6.79 Å². The van der Waals surface area contributed by atoms with E-state index in [4.69, 9.17) is 0 Å². The molecule has 0 aromatic carbocycles. The summed E-state index contributed by atoms with van der Waals surface area (Å²) in [5.74, 6) is 0.323. The van der Waals surface area contributed by atoms with E-state index in [-0.39, 0.29) is 12.8 Å². The molecule has 3 heteroatoms. The molecule has 0 saturated heterocycles. The van der Waals surface area contributed by atoms with Crippen molar-refractivity contribution in [2.45, 2.75) is 13.8 Å². The van der Waals surface area contributed by atoms with Gasteiger partial charge in [0.1, 0.15) is 0 Å². The number of carbonyl (C=O) groups is 1. The van der Waals surface area contributed by atoms with Crippen LogP contribution >= 0.6 is 0 Å². The fourth-order valence-electron chi connectivity index (χ4n) is 0.257. The van der Waals surface area contributed by atoms with Gasteiger partial charge in [-0.25, -0.2) is 0 Å². The first-order valence-electron chi connectivity index (χ1n) is 2.64. The summed E-state index contributed by atoms with van der Waals surface area (Å²) in [6, 6.07) is 0. The lowest BCUT2D eigenvalue weighted by Gasteiger charge is -2.03. The number of rotatable bonds is 3. The molecular formula is C6H11O3. The average molecular weight is 131 g/mol. The highest BCUT2D eigenvalue weighted by Crippen LogP contribution is 1.97. The second-order valence-corrected chi connectivity index (χ2v) is 1.84. The van der Waals surface area contributed by atoms with E-state index < -0.39 is 0 Å². The minimum Gasteiger partial charge on any atom is -0.438 e. The summed E-state index contributed by atoms with van der Waals surface area (Å²) in [5, 5.41) is 0. The first kappa shape index (κ1) is 8.43. The van der Waals surface area contributed by atoms with Gasteiger partial charge in [0, 0.05) is 7.11 Å². The van der Waals surface area contributed by atoms with Crippen LogP contribution < -0.4 is 0 Å². The van der Waals surface area contributed by atoms with Crippen LogP contribution in [0.4, 0.5) is 0 Å². The number of methoxy groups -OCH3 is 1. The fourth-order valence-corrected chi connectivity index (χ4v) is 0.257. The highest BCUT2D eigenvalue weighted by molar-refractivity contribution is 5.83. The minimum atomic E-state index is -0.308. The number of hydrogen-bond donors (Lipinski definition) is 0. The van der Waals surface area contributed by atoms with E-state index in [1.807, 2.05) is 0 Å². The first-order valence-corrected chi connectivity index (χ1v) is 2.64. The normalized spacial score (nSPS) is 9.78. The summed E-state index contributed by atoms with van der Waals surface area (Å²) in [6.07, 6.45) is 0. The summed E-state index contributed by atoms with van der Waals surface area (Å²) >= 11 is 0. The third-order valence-corrected chi connectivity index (χ3v) is 0.716. The maximum Gasteiger partial charge on any atom is 0.314 e. The molecule has 0 saturated carbocycles. The molecular weight excluding hydrogens is 120 g/mol. The molecule has 0 heterocycles. The van der Waals surface area contributed by atoms with E-state index in [0.29, 0.717) is 5.92 Å². The maximum atomic E-state index is 10.6. The van der Waals surface area contributed by atoms with Gasteiger partial charge in [-0.1, -0.05) is 0 Å². The summed E-state index contributed by atoms with van der Waals surface area (Å²) < 4.78 is 9.06. The molecule has 0 aromatic rings. The molecule has 0 aliphatic heterocycles. The van der Waals surface area contributed by atoms with Crippen molar-refractivity contribution in [1.82, 2.24) is 0 Å². The largest absolute Gasteiger partial charge is 0.438 e. The predicted octanol–water partition coefficient (Wildman–Crippen LogP) is 0.748. The van der Waals surface area contributed by atoms with Gasteiger partial charge < -0.3 is 9.47 Å². The van der Waals surface area contributed by atoms with Crippen LogP contribution in [0.5, 0.6) is 0 Å². The zero-order valence-corrected chi connectivity index (χ0v) is 5.93. The molecule has 0 aliphatic rings. The Morgan fingerprint density at radius 3 is 2.33 bits per heavy atom. The topological polar surface area (TPSA) is 35.5 Å². The Morgan fingerprint density at radius 1 is 1.44 bits per heavy atom. The third-order valence-electron chi connectivity index (χ3n) is 0.716. The zero-order chi connectivity index (χ0) is 7.28. The lowest BCUT2D eigenvalue weighted by Crippen LogP contribution is -2.11. The molecule has 1 radical (unpaired) electrons. The summed E-state index contributed by atoms with van der Waals surface area (Å²) in [7, 11) is 1.47. The van der Waals surface area contributed by atoms with Crippen molar-refractivity contribution in [1.29, 1.82) is 0 Å². The summed E-state index contributed by atoms with van der Waals surface area (Å²) in [5.41, 5.74) is 0. The quantitative estimate of drug-likeness (QED) is 0.418. The standard InChI is InChI=1S/C6H11O3/c1-5(2)6(7)9-4-8-3/h4H2,1-3H3. The van der Waals surface area contributed by atoms with Gasteiger partial charge in [0.05, 0.1) is 5.92 Å². The molecule has 0 fully saturated rings. The molecule has 0 bridgehead atoms. The smallest absolute Gasteiger partial charge is 0.314 e. The van der Waals surface area contributed by atoms with Crippen LogP contribution in [-0.2, 0) is 14.3 Å². The first-order chi connectivity index (χ1) is 4.18. The predicted molar refractivity (Wildman–Crippen MR) is 32.6 cm³/mol. The second-order valence-electron chi connectivity index (χ2n) is 1.84. The van der Waals surface area contributed by atoms with Gasteiger partial charge in [-0.2, -0.15) is 0 Å². The van der Waals surface area contributed by atoms with Gasteiger partial charge in [0.2, 0.25) is 0 Å². The van der Waals surface area contributed by atoms with Crippen molar-refractivity contribution in [3.05, 3.63) is 5.92 Å². The average Bonchev–Trinajstić information content (AvgIpc) is 1.82. The third kappa shape index (κ3) is 3.97. The van der Waals surface area contributed by atoms with Crippen molar-refractivity contribution in [3.63, 3.8) is 0 Å². The molecule has 0 spiro atoms. The van der Waals surface area contributed by atoms with Crippen LogP contribution in [0.15, 0.2) is 0 Å². The lowest BCUT2D eigenvalue weighted by molar-refractivity contribution is -0.151. The van der Waals surface area contributed by atoms with Crippen LogP contribution in [0, 0.1) is 5.92 Å². The molecule has 0 rings (SSSR count). The van der Waals surface area contributed by atoms with E-state index in [0.717, 1.165) is 0 Å². The molecule has 3 nitrogen and oxygen atoms in total. The highest BCUT2D eigenvalue weighted by Gasteiger charge is 2.07. The van der Waals surface area contributed by atoms with Crippen LogP contribution in [0.3, 0.4) is 0 Å². The van der Waals surface area contributed by atoms with Gasteiger partial charge in [-0.3, -0.25) is 4.79 Å². The van der Waals surface area contributed by atoms with Crippen molar-refractivity contribution in [3.8, 4) is 0 Å². The van der Waals surface area contributed by atoms with Crippen molar-refractivity contribution < 1.29 is 14.3 Å². The Bertz CT molecular complexity index is 88.3.